The highest BCUT2D eigenvalue weighted by Crippen LogP contribution is 2.28. The van der Waals surface area contributed by atoms with Crippen LogP contribution >= 0.6 is 27.5 Å². The number of rotatable bonds is 4. The zero-order valence-corrected chi connectivity index (χ0v) is 11.8. The van der Waals surface area contributed by atoms with Crippen LogP contribution in [-0.4, -0.2) is 6.54 Å². The Morgan fingerprint density at radius 2 is 2.25 bits per heavy atom. The summed E-state index contributed by atoms with van der Waals surface area (Å²) in [6.45, 7) is 4.88. The van der Waals surface area contributed by atoms with Gasteiger partial charge in [-0.05, 0) is 31.2 Å². The van der Waals surface area contributed by atoms with Gasteiger partial charge in [0.15, 0.2) is 0 Å². The van der Waals surface area contributed by atoms with E-state index in [-0.39, 0.29) is 6.04 Å². The third kappa shape index (κ3) is 3.83. The Morgan fingerprint density at radius 1 is 1.50 bits per heavy atom. The van der Waals surface area contributed by atoms with E-state index in [0.717, 1.165) is 22.5 Å². The van der Waals surface area contributed by atoms with Crippen molar-refractivity contribution in [3.8, 4) is 11.8 Å². The maximum absolute atomic E-state index is 5.92. The third-order valence-corrected chi connectivity index (χ3v) is 3.19. The Kier molecular flexibility index (Phi) is 5.90. The van der Waals surface area contributed by atoms with E-state index < -0.39 is 0 Å². The van der Waals surface area contributed by atoms with Crippen molar-refractivity contribution in [2.45, 2.75) is 26.3 Å². The van der Waals surface area contributed by atoms with Gasteiger partial charge < -0.3 is 5.32 Å². The van der Waals surface area contributed by atoms with Gasteiger partial charge in [0, 0.05) is 22.0 Å². The molecule has 1 nitrogen and oxygen atoms in total. The molecule has 16 heavy (non-hydrogen) atoms. The fraction of sp³-hybridized carbons (Fsp3) is 0.385. The van der Waals surface area contributed by atoms with E-state index >= 15 is 0 Å². The van der Waals surface area contributed by atoms with E-state index in [1.807, 2.05) is 25.1 Å². The molecule has 0 radical (unpaired) electrons. The summed E-state index contributed by atoms with van der Waals surface area (Å²) in [4.78, 5) is 0. The van der Waals surface area contributed by atoms with Crippen LogP contribution in [0.25, 0.3) is 0 Å². The molecule has 1 unspecified atom stereocenters. The lowest BCUT2D eigenvalue weighted by molar-refractivity contribution is 0.563. The molecule has 0 fully saturated rings. The van der Waals surface area contributed by atoms with E-state index in [2.05, 4.69) is 40.0 Å². The number of benzene rings is 1. The molecule has 0 bridgehead atoms. The van der Waals surface area contributed by atoms with Crippen LogP contribution in [0.15, 0.2) is 22.7 Å². The molecule has 1 aromatic carbocycles. The first-order valence-corrected chi connectivity index (χ1v) is 6.44. The molecule has 86 valence electrons. The molecular weight excluding hydrogens is 286 g/mol. The van der Waals surface area contributed by atoms with Crippen LogP contribution in [0.5, 0.6) is 0 Å². The number of nitrogens with one attached hydrogen (secondary N) is 1. The van der Waals surface area contributed by atoms with E-state index in [4.69, 9.17) is 11.6 Å². The average molecular weight is 301 g/mol. The number of halogens is 2. The molecule has 0 saturated heterocycles. The van der Waals surface area contributed by atoms with Gasteiger partial charge in [0.05, 0.1) is 0 Å². The topological polar surface area (TPSA) is 12.0 Å². The zero-order chi connectivity index (χ0) is 12.0. The van der Waals surface area contributed by atoms with Crippen LogP contribution in [0.4, 0.5) is 0 Å². The summed E-state index contributed by atoms with van der Waals surface area (Å²) in [7, 11) is 0. The normalized spacial score (nSPS) is 11.8. The molecule has 0 amide bonds. The molecule has 0 aliphatic rings. The second-order valence-electron chi connectivity index (χ2n) is 3.41. The number of hydrogen-bond acceptors (Lipinski definition) is 1. The van der Waals surface area contributed by atoms with Crippen molar-refractivity contribution in [1.29, 1.82) is 0 Å². The van der Waals surface area contributed by atoms with Gasteiger partial charge in [-0.25, -0.2) is 0 Å². The molecule has 1 atom stereocenters. The van der Waals surface area contributed by atoms with Gasteiger partial charge in [0.1, 0.15) is 0 Å². The van der Waals surface area contributed by atoms with Crippen molar-refractivity contribution < 1.29 is 0 Å². The molecule has 3 heteroatoms. The molecule has 1 N–H and O–H groups in total. The highest BCUT2D eigenvalue weighted by atomic mass is 79.9. The van der Waals surface area contributed by atoms with E-state index in [9.17, 15) is 0 Å². The van der Waals surface area contributed by atoms with Crippen molar-refractivity contribution in [2.75, 3.05) is 6.54 Å². The molecule has 1 rings (SSSR count). The molecule has 0 saturated carbocycles. The second-order valence-corrected chi connectivity index (χ2v) is 4.70. The van der Waals surface area contributed by atoms with Gasteiger partial charge in [-0.2, -0.15) is 0 Å². The fourth-order valence-electron chi connectivity index (χ4n) is 1.53. The summed E-state index contributed by atoms with van der Waals surface area (Å²) in [5.41, 5.74) is 1.20. The first kappa shape index (κ1) is 13.6. The predicted molar refractivity (Wildman–Crippen MR) is 73.6 cm³/mol. The molecule has 0 spiro atoms. The monoisotopic (exact) mass is 299 g/mol. The van der Waals surface area contributed by atoms with E-state index in [1.54, 1.807) is 0 Å². The summed E-state index contributed by atoms with van der Waals surface area (Å²) >= 11 is 9.46. The SMILES string of the molecule is CC#CCC(NCC)c1ccc(Cl)cc1Br. The van der Waals surface area contributed by atoms with Gasteiger partial charge >= 0.3 is 0 Å². The Hall–Kier alpha value is -0.490. The second kappa shape index (κ2) is 6.96. The van der Waals surface area contributed by atoms with Crippen LogP contribution in [0.3, 0.4) is 0 Å². The van der Waals surface area contributed by atoms with Crippen LogP contribution in [0.1, 0.15) is 31.9 Å². The van der Waals surface area contributed by atoms with Crippen LogP contribution in [0.2, 0.25) is 5.02 Å². The third-order valence-electron chi connectivity index (χ3n) is 2.27. The zero-order valence-electron chi connectivity index (χ0n) is 9.48. The quantitative estimate of drug-likeness (QED) is 0.823. The highest BCUT2D eigenvalue weighted by Gasteiger charge is 2.12. The van der Waals surface area contributed by atoms with Gasteiger partial charge in [-0.15, -0.1) is 11.8 Å². The Morgan fingerprint density at radius 3 is 2.81 bits per heavy atom. The summed E-state index contributed by atoms with van der Waals surface area (Å²) < 4.78 is 1.03. The van der Waals surface area contributed by atoms with Crippen molar-refractivity contribution in [3.63, 3.8) is 0 Å². The largest absolute Gasteiger partial charge is 0.309 e. The van der Waals surface area contributed by atoms with Crippen LogP contribution < -0.4 is 5.32 Å². The standard InChI is InChI=1S/C13H15BrClN/c1-3-5-6-13(16-4-2)11-8-7-10(15)9-12(11)14/h7-9,13,16H,4,6H2,1-2H3. The maximum Gasteiger partial charge on any atom is 0.0442 e. The Balaban J connectivity index is 2.94. The summed E-state index contributed by atoms with van der Waals surface area (Å²) in [5.74, 6) is 6.03. The average Bonchev–Trinajstić information content (AvgIpc) is 2.25. The molecule has 0 heterocycles. The van der Waals surface area contributed by atoms with Crippen molar-refractivity contribution in [1.82, 2.24) is 5.32 Å². The molecule has 0 aliphatic heterocycles. The molecule has 0 aliphatic carbocycles. The summed E-state index contributed by atoms with van der Waals surface area (Å²) in [6.07, 6.45) is 0.810. The van der Waals surface area contributed by atoms with Gasteiger partial charge in [0.25, 0.3) is 0 Å². The molecular formula is C13H15BrClN. The van der Waals surface area contributed by atoms with Crippen LogP contribution in [-0.2, 0) is 0 Å². The smallest absolute Gasteiger partial charge is 0.0442 e. The molecule has 0 aromatic heterocycles. The molecule has 1 aromatic rings. The Bertz CT molecular complexity index is 406. The van der Waals surface area contributed by atoms with Crippen molar-refractivity contribution >= 4 is 27.5 Å². The summed E-state index contributed by atoms with van der Waals surface area (Å²) in [6, 6.07) is 6.12. The van der Waals surface area contributed by atoms with E-state index in [1.165, 1.54) is 5.56 Å². The first-order chi connectivity index (χ1) is 7.69. The minimum atomic E-state index is 0.254. The minimum Gasteiger partial charge on any atom is -0.309 e. The number of hydrogen-bond donors (Lipinski definition) is 1. The minimum absolute atomic E-state index is 0.254. The van der Waals surface area contributed by atoms with Crippen molar-refractivity contribution in [3.05, 3.63) is 33.3 Å². The van der Waals surface area contributed by atoms with Crippen LogP contribution in [0, 0.1) is 11.8 Å². The van der Waals surface area contributed by atoms with Gasteiger partial charge in [-0.1, -0.05) is 40.5 Å². The predicted octanol–water partition coefficient (Wildman–Crippen LogP) is 4.17. The lowest BCUT2D eigenvalue weighted by atomic mass is 10.0. The highest BCUT2D eigenvalue weighted by molar-refractivity contribution is 9.10. The van der Waals surface area contributed by atoms with E-state index in [0.29, 0.717) is 0 Å². The Labute approximate surface area is 111 Å². The lowest BCUT2D eigenvalue weighted by Crippen LogP contribution is -2.20. The summed E-state index contributed by atoms with van der Waals surface area (Å²) in [5, 5.41) is 4.16. The lowest BCUT2D eigenvalue weighted by Gasteiger charge is -2.17. The van der Waals surface area contributed by atoms with Gasteiger partial charge in [0.2, 0.25) is 0 Å². The fourth-order valence-corrected chi connectivity index (χ4v) is 2.49. The van der Waals surface area contributed by atoms with Crippen molar-refractivity contribution in [2.24, 2.45) is 0 Å². The maximum atomic E-state index is 5.92. The first-order valence-electron chi connectivity index (χ1n) is 5.27. The van der Waals surface area contributed by atoms with Gasteiger partial charge in [-0.3, -0.25) is 0 Å².